The van der Waals surface area contributed by atoms with E-state index in [1.54, 1.807) is 62.8 Å². The van der Waals surface area contributed by atoms with Crippen molar-refractivity contribution in [3.05, 3.63) is 148 Å². The lowest BCUT2D eigenvalue weighted by atomic mass is 9.49. The molecule has 12 nitrogen and oxygen atoms in total. The van der Waals surface area contributed by atoms with Crippen LogP contribution in [0.1, 0.15) is 41.0 Å². The van der Waals surface area contributed by atoms with Gasteiger partial charge in [0, 0.05) is 16.5 Å². The number of hydrazine groups is 1. The van der Waals surface area contributed by atoms with Gasteiger partial charge in [0.2, 0.25) is 17.6 Å². The van der Waals surface area contributed by atoms with Crippen LogP contribution in [0, 0.1) is 29.5 Å². The van der Waals surface area contributed by atoms with Gasteiger partial charge in [0.15, 0.2) is 11.5 Å². The minimum absolute atomic E-state index is 0.0367. The predicted octanol–water partition coefficient (Wildman–Crippen LogP) is 8.58. The van der Waals surface area contributed by atoms with E-state index in [0.717, 1.165) is 16.1 Å². The van der Waals surface area contributed by atoms with Crippen LogP contribution in [0.5, 0.6) is 28.7 Å². The Morgan fingerprint density at radius 1 is 0.750 bits per heavy atom. The summed E-state index contributed by atoms with van der Waals surface area (Å²) in [4.78, 5) is 61.2. The maximum absolute atomic E-state index is 15.5. The number of anilines is 2. The number of aromatic hydroxyl groups is 1. The molecule has 6 atom stereocenters. The molecular weight excluding hydrogens is 841 g/mol. The first kappa shape index (κ1) is 42.2. The highest BCUT2D eigenvalue weighted by atomic mass is 35.5. The van der Waals surface area contributed by atoms with Crippen molar-refractivity contribution < 1.29 is 47.6 Å². The number of fused-ring (bicyclic) bond motifs is 4. The van der Waals surface area contributed by atoms with E-state index in [2.05, 4.69) is 5.43 Å². The maximum Gasteiger partial charge on any atom is 0.260 e. The zero-order valence-corrected chi connectivity index (χ0v) is 36.0. The molecule has 0 radical (unpaired) electrons. The second-order valence-corrected chi connectivity index (χ2v) is 16.6. The molecule has 3 fully saturated rings. The van der Waals surface area contributed by atoms with Crippen molar-refractivity contribution in [3.8, 4) is 28.7 Å². The predicted molar refractivity (Wildman–Crippen MR) is 238 cm³/mol. The summed E-state index contributed by atoms with van der Waals surface area (Å²) >= 11 is 6.43. The summed E-state index contributed by atoms with van der Waals surface area (Å²) in [6.07, 6.45) is 5.93. The number of hydrogen-bond donors (Lipinski definition) is 2. The number of phenols is 1. The summed E-state index contributed by atoms with van der Waals surface area (Å²) in [5.41, 5.74) is 5.24. The average molecular weight is 884 g/mol. The quantitative estimate of drug-likeness (QED) is 0.0752. The van der Waals surface area contributed by atoms with Crippen LogP contribution in [0.4, 0.5) is 15.8 Å². The van der Waals surface area contributed by atoms with Crippen molar-refractivity contribution in [2.24, 2.45) is 23.7 Å². The average Bonchev–Trinajstić information content (AvgIpc) is 3.69. The van der Waals surface area contributed by atoms with Gasteiger partial charge in [-0.25, -0.2) is 4.39 Å². The van der Waals surface area contributed by atoms with Gasteiger partial charge in [-0.05, 0) is 114 Å². The van der Waals surface area contributed by atoms with Gasteiger partial charge in [0.05, 0.1) is 63.0 Å². The van der Waals surface area contributed by atoms with E-state index >= 15 is 9.59 Å². The molecule has 5 aromatic carbocycles. The van der Waals surface area contributed by atoms with Crippen molar-refractivity contribution >= 4 is 58.8 Å². The van der Waals surface area contributed by atoms with E-state index in [1.165, 1.54) is 43.4 Å². The Morgan fingerprint density at radius 3 is 2.06 bits per heavy atom. The molecule has 0 aromatic heterocycles. The Balaban J connectivity index is 1.14. The molecule has 2 aliphatic heterocycles. The lowest BCUT2D eigenvalue weighted by molar-refractivity contribution is -0.138. The van der Waals surface area contributed by atoms with Crippen molar-refractivity contribution in [1.29, 1.82) is 0 Å². The third-order valence-corrected chi connectivity index (χ3v) is 13.4. The number of amides is 4. The Kier molecular flexibility index (Phi) is 10.9. The van der Waals surface area contributed by atoms with Gasteiger partial charge in [-0.3, -0.25) is 29.5 Å². The SMILES string of the molecule is COc1ccc(OC)c(C=Cc2ccc(N3C(=O)[C@H]4[C@H](CC=C5[C@H]4C[C@H]4C(=O)N(Nc6ccc(F)cc6)C(=O)[C@@]4(c4ccc(Cl)cc4)[C@H]5c4cc(OC)c(O)c(OC)c4)C3=O)cc2)c1. The van der Waals surface area contributed by atoms with Gasteiger partial charge in [-0.1, -0.05) is 59.7 Å². The first-order chi connectivity index (χ1) is 30.9. The first-order valence-electron chi connectivity index (χ1n) is 20.6. The van der Waals surface area contributed by atoms with Crippen LogP contribution in [-0.4, -0.2) is 62.2 Å². The minimum atomic E-state index is -1.65. The fourth-order valence-corrected chi connectivity index (χ4v) is 10.4. The third-order valence-electron chi connectivity index (χ3n) is 13.1. The number of phenolic OH excluding ortho intramolecular Hbond substituents is 1. The molecule has 326 valence electrons. The molecule has 9 rings (SSSR count). The number of benzene rings is 5. The van der Waals surface area contributed by atoms with E-state index < -0.39 is 58.5 Å². The monoisotopic (exact) mass is 883 g/mol. The van der Waals surface area contributed by atoms with E-state index in [1.807, 2.05) is 48.6 Å². The summed E-state index contributed by atoms with van der Waals surface area (Å²) in [7, 11) is 5.96. The van der Waals surface area contributed by atoms with Gasteiger partial charge in [-0.15, -0.1) is 0 Å². The zero-order valence-electron chi connectivity index (χ0n) is 35.2. The molecule has 4 amide bonds. The Hall–Kier alpha value is -7.12. The largest absolute Gasteiger partial charge is 0.502 e. The molecule has 2 heterocycles. The lowest BCUT2D eigenvalue weighted by Gasteiger charge is -2.50. The molecule has 1 saturated carbocycles. The van der Waals surface area contributed by atoms with Crippen LogP contribution in [-0.2, 0) is 24.6 Å². The Bertz CT molecular complexity index is 2730. The molecule has 4 aliphatic rings. The summed E-state index contributed by atoms with van der Waals surface area (Å²) in [5.74, 6) is -5.58. The maximum atomic E-state index is 15.5. The van der Waals surface area contributed by atoms with E-state index in [0.29, 0.717) is 44.6 Å². The number of rotatable bonds is 11. The molecule has 0 unspecified atom stereocenters. The van der Waals surface area contributed by atoms with Crippen LogP contribution in [0.25, 0.3) is 12.2 Å². The molecule has 14 heteroatoms. The van der Waals surface area contributed by atoms with Crippen molar-refractivity contribution in [2.75, 3.05) is 38.8 Å². The van der Waals surface area contributed by atoms with E-state index in [4.69, 9.17) is 30.5 Å². The summed E-state index contributed by atoms with van der Waals surface area (Å²) in [6.45, 7) is 0. The number of allylic oxidation sites excluding steroid dienone is 2. The lowest BCUT2D eigenvalue weighted by Crippen LogP contribution is -2.53. The highest BCUT2D eigenvalue weighted by Crippen LogP contribution is 2.65. The smallest absolute Gasteiger partial charge is 0.260 e. The normalized spacial score (nSPS) is 23.7. The van der Waals surface area contributed by atoms with Gasteiger partial charge in [0.25, 0.3) is 11.8 Å². The molecule has 5 aromatic rings. The van der Waals surface area contributed by atoms with Crippen LogP contribution in [0.2, 0.25) is 5.02 Å². The van der Waals surface area contributed by atoms with Gasteiger partial charge in [-0.2, -0.15) is 5.01 Å². The van der Waals surface area contributed by atoms with Crippen molar-refractivity contribution in [1.82, 2.24) is 5.01 Å². The third kappa shape index (κ3) is 6.73. The molecule has 0 spiro atoms. The molecule has 0 bridgehead atoms. The van der Waals surface area contributed by atoms with Gasteiger partial charge in [0.1, 0.15) is 17.3 Å². The van der Waals surface area contributed by atoms with Crippen molar-refractivity contribution in [2.45, 2.75) is 24.2 Å². The molecule has 64 heavy (non-hydrogen) atoms. The highest BCUT2D eigenvalue weighted by Gasteiger charge is 2.70. The number of imide groups is 2. The number of nitrogens with zero attached hydrogens (tertiary/aromatic N) is 2. The number of hydrogen-bond acceptors (Lipinski definition) is 10. The number of carbonyl (C=O) groups excluding carboxylic acids is 4. The Morgan fingerprint density at radius 2 is 1.42 bits per heavy atom. The fraction of sp³-hybridized carbons (Fsp3) is 0.240. The first-order valence-corrected chi connectivity index (χ1v) is 21.0. The second-order valence-electron chi connectivity index (χ2n) is 16.2. The van der Waals surface area contributed by atoms with Crippen LogP contribution in [0.15, 0.2) is 115 Å². The topological polar surface area (TPSA) is 144 Å². The van der Waals surface area contributed by atoms with Gasteiger partial charge >= 0.3 is 0 Å². The summed E-state index contributed by atoms with van der Waals surface area (Å²) in [5, 5.41) is 12.5. The van der Waals surface area contributed by atoms with Crippen molar-refractivity contribution in [3.63, 3.8) is 0 Å². The molecule has 2 saturated heterocycles. The molecular formula is C50H43ClFN3O9. The highest BCUT2D eigenvalue weighted by molar-refractivity contribution is 6.30. The number of nitrogens with one attached hydrogen (secondary N) is 1. The number of carbonyl (C=O) groups is 4. The number of ether oxygens (including phenoxy) is 4. The number of methoxy groups -OCH3 is 4. The van der Waals surface area contributed by atoms with Crippen LogP contribution in [0.3, 0.4) is 0 Å². The summed E-state index contributed by atoms with van der Waals surface area (Å²) in [6, 6.07) is 27.8. The zero-order chi connectivity index (χ0) is 45.0. The summed E-state index contributed by atoms with van der Waals surface area (Å²) < 4.78 is 36.2. The van der Waals surface area contributed by atoms with E-state index in [-0.39, 0.29) is 36.0 Å². The number of halogens is 2. The molecule has 2 N–H and O–H groups in total. The molecule has 2 aliphatic carbocycles. The Labute approximate surface area is 373 Å². The minimum Gasteiger partial charge on any atom is -0.502 e. The second kappa shape index (κ2) is 16.5. The fourth-order valence-electron chi connectivity index (χ4n) is 10.3. The van der Waals surface area contributed by atoms with Crippen LogP contribution >= 0.6 is 11.6 Å². The van der Waals surface area contributed by atoms with E-state index in [9.17, 15) is 19.1 Å². The van der Waals surface area contributed by atoms with Crippen LogP contribution < -0.4 is 29.3 Å². The standard InChI is InChI=1S/C50H43ClFN3O9/c1-61-35-19-22-40(62-2)28(23-35)8-5-27-6-17-34(18-7-27)54-46(57)37-21-20-36-38(43(37)48(54)59)26-39-47(58)55(53-33-15-13-32(52)14-16-33)49(60)50(39,30-9-11-31(51)12-10-30)44(36)29-24-41(63-3)45(56)42(25-29)64-4/h5-20,22-25,37-39,43-44,53,56H,21,26H2,1-4H3/t37-,38+,39-,43-,44-,50+/m0/s1. The van der Waals surface area contributed by atoms with Gasteiger partial charge < -0.3 is 24.1 Å².